The molecule has 0 saturated heterocycles. The van der Waals surface area contributed by atoms with Crippen LogP contribution in [-0.4, -0.2) is 46.4 Å². The van der Waals surface area contributed by atoms with Crippen molar-refractivity contribution in [3.8, 4) is 0 Å². The molecule has 0 aromatic heterocycles. The SMILES string of the molecule is Cc1ccc(C(C(=O)NCc2ccccc2)N(C(=O)C(CCC(N)=O)NC(=O)OC(C)(C)C)C(C)C)cc1. The van der Waals surface area contributed by atoms with Crippen LogP contribution in [0.5, 0.6) is 0 Å². The van der Waals surface area contributed by atoms with Crippen LogP contribution < -0.4 is 16.4 Å². The van der Waals surface area contributed by atoms with Crippen LogP contribution in [-0.2, 0) is 25.7 Å². The van der Waals surface area contributed by atoms with Crippen molar-refractivity contribution in [1.29, 1.82) is 0 Å². The van der Waals surface area contributed by atoms with Gasteiger partial charge in [0.25, 0.3) is 0 Å². The van der Waals surface area contributed by atoms with E-state index >= 15 is 0 Å². The predicted octanol–water partition coefficient (Wildman–Crippen LogP) is 3.75. The number of alkyl carbamates (subject to hydrolysis) is 1. The fourth-order valence-electron chi connectivity index (χ4n) is 3.92. The number of nitrogens with one attached hydrogen (secondary N) is 2. The number of aryl methyl sites for hydroxylation is 1. The maximum Gasteiger partial charge on any atom is 0.408 e. The van der Waals surface area contributed by atoms with E-state index in [4.69, 9.17) is 10.5 Å². The molecule has 0 heterocycles. The van der Waals surface area contributed by atoms with E-state index in [0.717, 1.165) is 11.1 Å². The number of nitrogens with two attached hydrogens (primary N) is 1. The Labute approximate surface area is 225 Å². The molecule has 38 heavy (non-hydrogen) atoms. The first-order valence-electron chi connectivity index (χ1n) is 12.8. The number of benzene rings is 2. The van der Waals surface area contributed by atoms with Crippen molar-refractivity contribution in [3.63, 3.8) is 0 Å². The van der Waals surface area contributed by atoms with Crippen molar-refractivity contribution in [1.82, 2.24) is 15.5 Å². The molecule has 0 saturated carbocycles. The highest BCUT2D eigenvalue weighted by Gasteiger charge is 2.37. The normalized spacial score (nSPS) is 12.8. The van der Waals surface area contributed by atoms with Gasteiger partial charge in [0.05, 0.1) is 0 Å². The van der Waals surface area contributed by atoms with E-state index in [-0.39, 0.29) is 25.3 Å². The minimum atomic E-state index is -1.13. The molecule has 4 N–H and O–H groups in total. The van der Waals surface area contributed by atoms with E-state index in [2.05, 4.69) is 10.6 Å². The highest BCUT2D eigenvalue weighted by atomic mass is 16.6. The van der Waals surface area contributed by atoms with Gasteiger partial charge in [-0.1, -0.05) is 60.2 Å². The summed E-state index contributed by atoms with van der Waals surface area (Å²) in [7, 11) is 0. The number of amides is 4. The molecule has 0 radical (unpaired) electrons. The first kappa shape index (κ1) is 30.3. The van der Waals surface area contributed by atoms with Gasteiger partial charge in [0, 0.05) is 19.0 Å². The molecule has 2 atom stereocenters. The molecule has 9 nitrogen and oxygen atoms in total. The first-order valence-corrected chi connectivity index (χ1v) is 12.8. The van der Waals surface area contributed by atoms with Crippen molar-refractivity contribution < 1.29 is 23.9 Å². The summed E-state index contributed by atoms with van der Waals surface area (Å²) in [6.45, 7) is 10.9. The molecule has 0 aliphatic carbocycles. The lowest BCUT2D eigenvalue weighted by Gasteiger charge is -2.37. The molecular weight excluding hydrogens is 484 g/mol. The van der Waals surface area contributed by atoms with Gasteiger partial charge >= 0.3 is 6.09 Å². The summed E-state index contributed by atoms with van der Waals surface area (Å²) in [6.07, 6.45) is -0.972. The Bertz CT molecular complexity index is 1090. The molecule has 0 fully saturated rings. The zero-order valence-electron chi connectivity index (χ0n) is 23.1. The molecule has 2 rings (SSSR count). The molecule has 0 bridgehead atoms. The number of primary amides is 1. The van der Waals surface area contributed by atoms with Crippen molar-refractivity contribution in [3.05, 3.63) is 71.3 Å². The highest BCUT2D eigenvalue weighted by molar-refractivity contribution is 5.92. The second-order valence-corrected chi connectivity index (χ2v) is 10.6. The van der Waals surface area contributed by atoms with Crippen LogP contribution in [0.1, 0.15) is 70.2 Å². The quantitative estimate of drug-likeness (QED) is 0.412. The Balaban J connectivity index is 2.44. The van der Waals surface area contributed by atoms with Crippen LogP contribution in [0.4, 0.5) is 4.79 Å². The minimum absolute atomic E-state index is 0.0388. The Kier molecular flexibility index (Phi) is 10.9. The summed E-state index contributed by atoms with van der Waals surface area (Å²) >= 11 is 0. The molecule has 9 heteroatoms. The van der Waals surface area contributed by atoms with Gasteiger partial charge < -0.3 is 26.0 Å². The van der Waals surface area contributed by atoms with Crippen molar-refractivity contribution in [2.45, 2.75) is 84.7 Å². The third-order valence-corrected chi connectivity index (χ3v) is 5.71. The number of carbonyl (C=O) groups excluding carboxylic acids is 4. The smallest absolute Gasteiger partial charge is 0.408 e. The molecule has 4 amide bonds. The second kappa shape index (κ2) is 13.6. The van der Waals surface area contributed by atoms with Gasteiger partial charge in [0.1, 0.15) is 17.7 Å². The standard InChI is InChI=1S/C29H40N4O5/c1-19(2)33(27(36)23(16-17-24(30)34)32-28(37)38-29(4,5)6)25(22-14-12-20(3)13-15-22)26(35)31-18-21-10-8-7-9-11-21/h7-15,19,23,25H,16-18H2,1-6H3,(H2,30,34)(H,31,35)(H,32,37). The fourth-order valence-corrected chi connectivity index (χ4v) is 3.92. The van der Waals surface area contributed by atoms with Crippen molar-refractivity contribution in [2.75, 3.05) is 0 Å². The molecule has 0 aliphatic rings. The summed E-state index contributed by atoms with van der Waals surface area (Å²) in [5, 5.41) is 5.53. The third kappa shape index (κ3) is 9.53. The zero-order chi connectivity index (χ0) is 28.5. The summed E-state index contributed by atoms with van der Waals surface area (Å²) in [6, 6.07) is 14.3. The number of hydrogen-bond donors (Lipinski definition) is 3. The van der Waals surface area contributed by atoms with Gasteiger partial charge in [-0.25, -0.2) is 4.79 Å². The molecule has 0 spiro atoms. The average Bonchev–Trinajstić information content (AvgIpc) is 2.83. The largest absolute Gasteiger partial charge is 0.444 e. The second-order valence-electron chi connectivity index (χ2n) is 10.6. The highest BCUT2D eigenvalue weighted by Crippen LogP contribution is 2.26. The van der Waals surface area contributed by atoms with Gasteiger partial charge in [0.2, 0.25) is 17.7 Å². The number of rotatable bonds is 11. The maximum absolute atomic E-state index is 14.0. The summed E-state index contributed by atoms with van der Waals surface area (Å²) in [5.74, 6) is -1.50. The number of hydrogen-bond acceptors (Lipinski definition) is 5. The lowest BCUT2D eigenvalue weighted by atomic mass is 9.99. The van der Waals surface area contributed by atoms with Crippen molar-refractivity contribution >= 4 is 23.8 Å². The minimum Gasteiger partial charge on any atom is -0.444 e. The zero-order valence-corrected chi connectivity index (χ0v) is 23.1. The van der Waals surface area contributed by atoms with Gasteiger partial charge in [-0.2, -0.15) is 0 Å². The number of ether oxygens (including phenoxy) is 1. The lowest BCUT2D eigenvalue weighted by molar-refractivity contribution is -0.144. The number of nitrogens with zero attached hydrogens (tertiary/aromatic N) is 1. The molecular formula is C29H40N4O5. The van der Waals surface area contributed by atoms with Crippen LogP contribution in [0.3, 0.4) is 0 Å². The Morgan fingerprint density at radius 2 is 1.58 bits per heavy atom. The maximum atomic E-state index is 14.0. The van der Waals surface area contributed by atoms with E-state index in [1.165, 1.54) is 4.90 Å². The van der Waals surface area contributed by atoms with Crippen molar-refractivity contribution in [2.24, 2.45) is 5.73 Å². The van der Waals surface area contributed by atoms with Crippen LogP contribution in [0.2, 0.25) is 0 Å². The molecule has 2 aromatic carbocycles. The molecule has 206 valence electrons. The van der Waals surface area contributed by atoms with E-state index in [1.807, 2.05) is 61.5 Å². The topological polar surface area (TPSA) is 131 Å². The van der Waals surface area contributed by atoms with Gasteiger partial charge in [-0.3, -0.25) is 14.4 Å². The van der Waals surface area contributed by atoms with Gasteiger partial charge in [-0.15, -0.1) is 0 Å². The number of carbonyl (C=O) groups is 4. The summed E-state index contributed by atoms with van der Waals surface area (Å²) < 4.78 is 5.34. The van der Waals surface area contributed by atoms with Crippen LogP contribution >= 0.6 is 0 Å². The predicted molar refractivity (Wildman–Crippen MR) is 146 cm³/mol. The third-order valence-electron chi connectivity index (χ3n) is 5.71. The Morgan fingerprint density at radius 3 is 2.11 bits per heavy atom. The van der Waals surface area contributed by atoms with E-state index < -0.39 is 41.6 Å². The summed E-state index contributed by atoms with van der Waals surface area (Å²) in [5.41, 5.74) is 7.09. The fraction of sp³-hybridized carbons (Fsp3) is 0.448. The lowest BCUT2D eigenvalue weighted by Crippen LogP contribution is -2.55. The van der Waals surface area contributed by atoms with Crippen LogP contribution in [0.25, 0.3) is 0 Å². The Hall–Kier alpha value is -3.88. The average molecular weight is 525 g/mol. The van der Waals surface area contributed by atoms with Gasteiger partial charge in [-0.05, 0) is 59.1 Å². The van der Waals surface area contributed by atoms with E-state index in [1.54, 1.807) is 34.6 Å². The van der Waals surface area contributed by atoms with Crippen LogP contribution in [0, 0.1) is 6.92 Å². The summed E-state index contributed by atoms with van der Waals surface area (Å²) in [4.78, 5) is 53.2. The Morgan fingerprint density at radius 1 is 0.974 bits per heavy atom. The van der Waals surface area contributed by atoms with E-state index in [9.17, 15) is 19.2 Å². The van der Waals surface area contributed by atoms with Crippen LogP contribution in [0.15, 0.2) is 54.6 Å². The van der Waals surface area contributed by atoms with E-state index in [0.29, 0.717) is 5.56 Å². The monoisotopic (exact) mass is 524 g/mol. The van der Waals surface area contributed by atoms with Gasteiger partial charge in [0.15, 0.2) is 0 Å². The molecule has 2 unspecified atom stereocenters. The first-order chi connectivity index (χ1) is 17.8. The molecule has 0 aliphatic heterocycles. The molecule has 2 aromatic rings.